The van der Waals surface area contributed by atoms with E-state index >= 15 is 0 Å². The van der Waals surface area contributed by atoms with Gasteiger partial charge in [0.05, 0.1) is 17.5 Å². The molecule has 2 bridgehead atoms. The number of imide groups is 1. The van der Waals surface area contributed by atoms with Crippen LogP contribution in [-0.4, -0.2) is 11.8 Å². The maximum absolute atomic E-state index is 13.1. The fourth-order valence-corrected chi connectivity index (χ4v) is 5.34. The molecule has 1 aromatic carbocycles. The third-order valence-electron chi connectivity index (χ3n) is 6.33. The molecule has 2 saturated carbocycles. The number of aryl methyl sites for hydroxylation is 2. The van der Waals surface area contributed by atoms with Gasteiger partial charge in [-0.25, -0.2) is 4.90 Å². The molecule has 1 aromatic rings. The van der Waals surface area contributed by atoms with Crippen LogP contribution >= 0.6 is 0 Å². The van der Waals surface area contributed by atoms with Crippen LogP contribution < -0.4 is 4.90 Å². The molecule has 0 unspecified atom stereocenters. The van der Waals surface area contributed by atoms with Gasteiger partial charge in [-0.05, 0) is 55.1 Å². The van der Waals surface area contributed by atoms with Gasteiger partial charge in [0.1, 0.15) is 0 Å². The number of hydrogen-bond acceptors (Lipinski definition) is 2. The third-order valence-corrected chi connectivity index (χ3v) is 6.33. The summed E-state index contributed by atoms with van der Waals surface area (Å²) >= 11 is 0. The van der Waals surface area contributed by atoms with Gasteiger partial charge in [-0.3, -0.25) is 9.59 Å². The van der Waals surface area contributed by atoms with E-state index in [9.17, 15) is 9.59 Å². The van der Waals surface area contributed by atoms with Crippen LogP contribution in [0.1, 0.15) is 17.5 Å². The van der Waals surface area contributed by atoms with Crippen LogP contribution in [0.15, 0.2) is 30.4 Å². The predicted octanol–water partition coefficient (Wildman–Crippen LogP) is 2.86. The van der Waals surface area contributed by atoms with Crippen molar-refractivity contribution in [2.75, 3.05) is 4.90 Å². The molecule has 112 valence electrons. The quantitative estimate of drug-likeness (QED) is 0.590. The number of allylic oxidation sites excluding steroid dienone is 2. The summed E-state index contributed by atoms with van der Waals surface area (Å²) in [4.78, 5) is 27.7. The van der Waals surface area contributed by atoms with Crippen molar-refractivity contribution in [1.82, 2.24) is 0 Å². The second-order valence-corrected chi connectivity index (χ2v) is 7.41. The molecule has 0 radical (unpaired) electrons. The van der Waals surface area contributed by atoms with E-state index in [2.05, 4.69) is 12.2 Å². The molecule has 1 saturated heterocycles. The molecule has 3 heteroatoms. The van der Waals surface area contributed by atoms with Crippen molar-refractivity contribution in [3.05, 3.63) is 41.5 Å². The van der Waals surface area contributed by atoms with E-state index in [1.54, 1.807) is 0 Å². The molecule has 1 aliphatic heterocycles. The maximum atomic E-state index is 13.1. The lowest BCUT2D eigenvalue weighted by molar-refractivity contribution is -0.124. The van der Waals surface area contributed by atoms with Crippen LogP contribution in [0.2, 0.25) is 0 Å². The molecule has 22 heavy (non-hydrogen) atoms. The molecule has 0 spiro atoms. The van der Waals surface area contributed by atoms with Gasteiger partial charge < -0.3 is 0 Å². The Labute approximate surface area is 130 Å². The topological polar surface area (TPSA) is 37.4 Å². The monoisotopic (exact) mass is 293 g/mol. The van der Waals surface area contributed by atoms with Crippen LogP contribution in [-0.2, 0) is 9.59 Å². The molecule has 0 aromatic heterocycles. The van der Waals surface area contributed by atoms with Crippen LogP contribution in [0.3, 0.4) is 0 Å². The summed E-state index contributed by atoms with van der Waals surface area (Å²) < 4.78 is 0. The Hall–Kier alpha value is -1.90. The molecule has 5 aliphatic rings. The highest BCUT2D eigenvalue weighted by Crippen LogP contribution is 2.65. The third kappa shape index (κ3) is 1.33. The van der Waals surface area contributed by atoms with Crippen LogP contribution in [0.25, 0.3) is 0 Å². The summed E-state index contributed by atoms with van der Waals surface area (Å²) in [7, 11) is 0. The Bertz CT molecular complexity index is 694. The van der Waals surface area contributed by atoms with E-state index in [1.165, 1.54) is 11.3 Å². The van der Waals surface area contributed by atoms with Crippen LogP contribution in [0, 0.1) is 49.4 Å². The first-order valence-corrected chi connectivity index (χ1v) is 8.22. The molecule has 6 atom stereocenters. The van der Waals surface area contributed by atoms with Crippen molar-refractivity contribution in [3.63, 3.8) is 0 Å². The van der Waals surface area contributed by atoms with E-state index in [1.807, 2.05) is 32.0 Å². The smallest absolute Gasteiger partial charge is 0.238 e. The van der Waals surface area contributed by atoms with Gasteiger partial charge in [-0.15, -0.1) is 0 Å². The summed E-state index contributed by atoms with van der Waals surface area (Å²) in [5, 5.41) is 0. The fourth-order valence-electron chi connectivity index (χ4n) is 5.34. The summed E-state index contributed by atoms with van der Waals surface area (Å²) in [5.41, 5.74) is 2.83. The highest BCUT2D eigenvalue weighted by atomic mass is 16.2. The second kappa shape index (κ2) is 3.89. The zero-order valence-electron chi connectivity index (χ0n) is 12.8. The van der Waals surface area contributed by atoms with E-state index < -0.39 is 0 Å². The Morgan fingerprint density at radius 1 is 0.909 bits per heavy atom. The Morgan fingerprint density at radius 3 is 1.91 bits per heavy atom. The van der Waals surface area contributed by atoms with E-state index in [0.29, 0.717) is 23.7 Å². The first kappa shape index (κ1) is 12.6. The number of amides is 2. The predicted molar refractivity (Wildman–Crippen MR) is 83.1 cm³/mol. The van der Waals surface area contributed by atoms with Gasteiger partial charge in [-0.2, -0.15) is 0 Å². The molecular formula is C19H19NO2. The van der Waals surface area contributed by atoms with Gasteiger partial charge in [0.2, 0.25) is 11.8 Å². The van der Waals surface area contributed by atoms with E-state index in [0.717, 1.165) is 16.8 Å². The maximum Gasteiger partial charge on any atom is 0.238 e. The lowest BCUT2D eigenvalue weighted by atomic mass is 9.63. The molecule has 4 aliphatic carbocycles. The van der Waals surface area contributed by atoms with Crippen molar-refractivity contribution in [2.45, 2.75) is 20.3 Å². The van der Waals surface area contributed by atoms with Crippen molar-refractivity contribution >= 4 is 17.5 Å². The second-order valence-electron chi connectivity index (χ2n) is 7.41. The molecule has 6 rings (SSSR count). The van der Waals surface area contributed by atoms with E-state index in [-0.39, 0.29) is 23.7 Å². The summed E-state index contributed by atoms with van der Waals surface area (Å²) in [6.07, 6.45) is 5.65. The van der Waals surface area contributed by atoms with Gasteiger partial charge in [0, 0.05) is 0 Å². The minimum Gasteiger partial charge on any atom is -0.274 e. The molecule has 1 heterocycles. The molecule has 2 amide bonds. The van der Waals surface area contributed by atoms with Gasteiger partial charge >= 0.3 is 0 Å². The lowest BCUT2D eigenvalue weighted by Crippen LogP contribution is -2.40. The SMILES string of the molecule is Cc1cccc(C)c1N1C(=O)[C@@H]2[C@@H]3C=C[C@H]([C@H]4C[C@@H]34)[C@@H]2C1=O. The lowest BCUT2D eigenvalue weighted by Gasteiger charge is -2.37. The average Bonchev–Trinajstić information content (AvgIpc) is 3.27. The van der Waals surface area contributed by atoms with Gasteiger partial charge in [-0.1, -0.05) is 30.4 Å². The molecule has 3 fully saturated rings. The van der Waals surface area contributed by atoms with Crippen molar-refractivity contribution in [1.29, 1.82) is 0 Å². The highest BCUT2D eigenvalue weighted by molar-refractivity contribution is 6.23. The Morgan fingerprint density at radius 2 is 1.41 bits per heavy atom. The highest BCUT2D eigenvalue weighted by Gasteiger charge is 2.67. The van der Waals surface area contributed by atoms with Gasteiger partial charge in [0.25, 0.3) is 0 Å². The van der Waals surface area contributed by atoms with Gasteiger partial charge in [0.15, 0.2) is 0 Å². The molecule has 0 N–H and O–H groups in total. The van der Waals surface area contributed by atoms with E-state index in [4.69, 9.17) is 0 Å². The largest absolute Gasteiger partial charge is 0.274 e. The zero-order chi connectivity index (χ0) is 15.2. The number of para-hydroxylation sites is 1. The normalized spacial score (nSPS) is 40.9. The number of nitrogens with zero attached hydrogens (tertiary/aromatic N) is 1. The number of carbonyl (C=O) groups is 2. The first-order valence-electron chi connectivity index (χ1n) is 8.22. The standard InChI is InChI=1S/C19H19NO2/c1-9-4-3-5-10(2)17(9)20-18(21)15-11-6-7-12(14-8-13(11)14)16(15)19(20)22/h3-7,11-16H,8H2,1-2H3/t11-,12-,13-,14+,15+,16-/m1/s1. The minimum absolute atomic E-state index is 0.0390. The van der Waals surface area contributed by atoms with Crippen LogP contribution in [0.4, 0.5) is 5.69 Å². The molecule has 3 nitrogen and oxygen atoms in total. The number of rotatable bonds is 1. The number of benzene rings is 1. The first-order chi connectivity index (χ1) is 10.6. The van der Waals surface area contributed by atoms with Crippen molar-refractivity contribution < 1.29 is 9.59 Å². The number of hydrogen-bond donors (Lipinski definition) is 0. The summed E-state index contributed by atoms with van der Waals surface area (Å²) in [6.45, 7) is 3.96. The van der Waals surface area contributed by atoms with Crippen molar-refractivity contribution in [2.24, 2.45) is 35.5 Å². The van der Waals surface area contributed by atoms with Crippen molar-refractivity contribution in [3.8, 4) is 0 Å². The zero-order valence-corrected chi connectivity index (χ0v) is 12.8. The Balaban J connectivity index is 1.64. The fraction of sp³-hybridized carbons (Fsp3) is 0.474. The minimum atomic E-state index is -0.106. The average molecular weight is 293 g/mol. The number of carbonyl (C=O) groups excluding carboxylic acids is 2. The summed E-state index contributed by atoms with van der Waals surface area (Å²) in [6, 6.07) is 5.94. The number of anilines is 1. The molecular weight excluding hydrogens is 274 g/mol. The van der Waals surface area contributed by atoms with Crippen LogP contribution in [0.5, 0.6) is 0 Å². The summed E-state index contributed by atoms with van der Waals surface area (Å²) in [5.74, 6) is 1.78. The Kier molecular flexibility index (Phi) is 2.23.